The predicted molar refractivity (Wildman–Crippen MR) is 76.4 cm³/mol. The summed E-state index contributed by atoms with van der Waals surface area (Å²) in [6.45, 7) is 2.44. The van der Waals surface area contributed by atoms with Crippen molar-refractivity contribution in [2.75, 3.05) is 13.7 Å². The molecule has 0 radical (unpaired) electrons. The molecule has 0 aliphatic heterocycles. The van der Waals surface area contributed by atoms with Gasteiger partial charge in [0.1, 0.15) is 11.5 Å². The Labute approximate surface area is 118 Å². The largest absolute Gasteiger partial charge is 0.496 e. The Morgan fingerprint density at radius 2 is 2.05 bits per heavy atom. The van der Waals surface area contributed by atoms with Crippen LogP contribution in [0.1, 0.15) is 22.8 Å². The zero-order valence-electron chi connectivity index (χ0n) is 11.6. The highest BCUT2D eigenvalue weighted by molar-refractivity contribution is 5.97. The fourth-order valence-corrected chi connectivity index (χ4v) is 1.94. The molecule has 2 rings (SSSR count). The molecule has 0 fully saturated rings. The molecule has 0 amide bonds. The Morgan fingerprint density at radius 1 is 1.25 bits per heavy atom. The molecule has 2 aromatic rings. The number of nitrogens with zero attached hydrogens (tertiary/aromatic N) is 1. The number of ketones is 1. The van der Waals surface area contributed by atoms with Crippen molar-refractivity contribution in [3.63, 3.8) is 0 Å². The van der Waals surface area contributed by atoms with Gasteiger partial charge in [-0.15, -0.1) is 0 Å². The molecule has 0 aliphatic rings. The van der Waals surface area contributed by atoms with E-state index in [0.29, 0.717) is 17.9 Å². The molecule has 0 spiro atoms. The molecular formula is C16H17NO3. The number of rotatable bonds is 6. The second kappa shape index (κ2) is 6.70. The Kier molecular flexibility index (Phi) is 4.71. The summed E-state index contributed by atoms with van der Waals surface area (Å²) >= 11 is 0. The minimum absolute atomic E-state index is 0.0106. The van der Waals surface area contributed by atoms with Gasteiger partial charge in [-0.25, -0.2) is 0 Å². The minimum Gasteiger partial charge on any atom is -0.496 e. The van der Waals surface area contributed by atoms with Crippen LogP contribution in [0, 0.1) is 0 Å². The number of hydrogen-bond donors (Lipinski definition) is 0. The van der Waals surface area contributed by atoms with E-state index in [1.807, 2.05) is 31.2 Å². The zero-order valence-corrected chi connectivity index (χ0v) is 11.6. The summed E-state index contributed by atoms with van der Waals surface area (Å²) in [6.07, 6.45) is 3.44. The highest BCUT2D eigenvalue weighted by Gasteiger charge is 2.11. The van der Waals surface area contributed by atoms with E-state index in [2.05, 4.69) is 4.98 Å². The summed E-state index contributed by atoms with van der Waals surface area (Å²) in [6, 6.07) is 9.21. The highest BCUT2D eigenvalue weighted by atomic mass is 16.5. The van der Waals surface area contributed by atoms with Crippen LogP contribution in [0.2, 0.25) is 0 Å². The van der Waals surface area contributed by atoms with Crippen LogP contribution in [0.3, 0.4) is 0 Å². The maximum absolute atomic E-state index is 12.3. The number of hydrogen-bond acceptors (Lipinski definition) is 4. The number of methoxy groups -OCH3 is 1. The number of para-hydroxylation sites is 1. The van der Waals surface area contributed by atoms with Gasteiger partial charge < -0.3 is 9.47 Å². The van der Waals surface area contributed by atoms with Gasteiger partial charge >= 0.3 is 0 Å². The minimum atomic E-state index is -0.0106. The van der Waals surface area contributed by atoms with Crippen LogP contribution in [0.15, 0.2) is 42.7 Å². The summed E-state index contributed by atoms with van der Waals surface area (Å²) < 4.78 is 10.6. The summed E-state index contributed by atoms with van der Waals surface area (Å²) in [4.78, 5) is 16.3. The number of carbonyl (C=O) groups is 1. The van der Waals surface area contributed by atoms with Crippen molar-refractivity contribution >= 4 is 5.78 Å². The zero-order chi connectivity index (χ0) is 14.4. The summed E-state index contributed by atoms with van der Waals surface area (Å²) in [5.41, 5.74) is 1.41. The Bertz CT molecular complexity index is 596. The van der Waals surface area contributed by atoms with E-state index in [0.717, 1.165) is 11.3 Å². The van der Waals surface area contributed by atoms with Crippen molar-refractivity contribution in [1.82, 2.24) is 4.98 Å². The second-order valence-corrected chi connectivity index (χ2v) is 4.25. The molecule has 0 saturated heterocycles. The normalized spacial score (nSPS) is 10.1. The lowest BCUT2D eigenvalue weighted by Crippen LogP contribution is -2.06. The first kappa shape index (κ1) is 14.1. The van der Waals surface area contributed by atoms with Gasteiger partial charge in [0.25, 0.3) is 0 Å². The average molecular weight is 271 g/mol. The van der Waals surface area contributed by atoms with Crippen LogP contribution in [0.4, 0.5) is 0 Å². The van der Waals surface area contributed by atoms with Gasteiger partial charge in [-0.3, -0.25) is 9.78 Å². The van der Waals surface area contributed by atoms with Crippen LogP contribution < -0.4 is 9.47 Å². The van der Waals surface area contributed by atoms with E-state index in [4.69, 9.17) is 9.47 Å². The maximum atomic E-state index is 12.3. The third kappa shape index (κ3) is 3.35. The van der Waals surface area contributed by atoms with Gasteiger partial charge in [-0.2, -0.15) is 0 Å². The summed E-state index contributed by atoms with van der Waals surface area (Å²) in [5, 5.41) is 0. The molecule has 20 heavy (non-hydrogen) atoms. The number of carbonyl (C=O) groups excluding carboxylic acids is 1. The lowest BCUT2D eigenvalue weighted by molar-refractivity contribution is 0.0991. The number of aromatic nitrogens is 1. The van der Waals surface area contributed by atoms with Gasteiger partial charge in [0.05, 0.1) is 19.9 Å². The first-order chi connectivity index (χ1) is 9.74. The van der Waals surface area contributed by atoms with Crippen LogP contribution in [0.5, 0.6) is 11.5 Å². The molecule has 1 aromatic carbocycles. The van der Waals surface area contributed by atoms with Crippen molar-refractivity contribution in [3.05, 3.63) is 53.9 Å². The number of benzene rings is 1. The average Bonchev–Trinajstić information content (AvgIpc) is 2.48. The third-order valence-corrected chi connectivity index (χ3v) is 2.89. The molecule has 104 valence electrons. The molecule has 0 N–H and O–H groups in total. The smallest absolute Gasteiger partial charge is 0.169 e. The Morgan fingerprint density at radius 3 is 2.80 bits per heavy atom. The van der Waals surface area contributed by atoms with E-state index in [9.17, 15) is 4.79 Å². The quantitative estimate of drug-likeness (QED) is 0.758. The third-order valence-electron chi connectivity index (χ3n) is 2.89. The molecule has 0 aliphatic carbocycles. The topological polar surface area (TPSA) is 48.4 Å². The molecule has 0 saturated carbocycles. The first-order valence-corrected chi connectivity index (χ1v) is 6.47. The number of ether oxygens (including phenoxy) is 2. The fourth-order valence-electron chi connectivity index (χ4n) is 1.94. The Hall–Kier alpha value is -2.36. The second-order valence-electron chi connectivity index (χ2n) is 4.25. The van der Waals surface area contributed by atoms with Gasteiger partial charge in [-0.05, 0) is 19.1 Å². The van der Waals surface area contributed by atoms with Crippen molar-refractivity contribution in [2.45, 2.75) is 13.3 Å². The van der Waals surface area contributed by atoms with Gasteiger partial charge in [0, 0.05) is 23.7 Å². The van der Waals surface area contributed by atoms with Crippen LogP contribution in [0.25, 0.3) is 0 Å². The van der Waals surface area contributed by atoms with E-state index in [-0.39, 0.29) is 12.2 Å². The van der Waals surface area contributed by atoms with Crippen LogP contribution in [-0.4, -0.2) is 24.5 Å². The molecule has 0 bridgehead atoms. The molecule has 1 heterocycles. The van der Waals surface area contributed by atoms with Crippen molar-refractivity contribution in [3.8, 4) is 11.5 Å². The molecule has 0 unspecified atom stereocenters. The monoisotopic (exact) mass is 271 g/mol. The molecule has 0 atom stereocenters. The molecule has 4 heteroatoms. The van der Waals surface area contributed by atoms with E-state index in [1.165, 1.54) is 0 Å². The molecule has 1 aromatic heterocycles. The molecule has 4 nitrogen and oxygen atoms in total. The van der Waals surface area contributed by atoms with E-state index < -0.39 is 0 Å². The first-order valence-electron chi connectivity index (χ1n) is 6.47. The van der Waals surface area contributed by atoms with Gasteiger partial charge in [0.15, 0.2) is 5.78 Å². The van der Waals surface area contributed by atoms with Crippen LogP contribution in [-0.2, 0) is 6.42 Å². The van der Waals surface area contributed by atoms with E-state index >= 15 is 0 Å². The van der Waals surface area contributed by atoms with Gasteiger partial charge in [-0.1, -0.05) is 18.2 Å². The summed E-state index contributed by atoms with van der Waals surface area (Å²) in [7, 11) is 1.60. The maximum Gasteiger partial charge on any atom is 0.169 e. The fraction of sp³-hybridized carbons (Fsp3) is 0.250. The standard InChI is InChI=1S/C16H17NO3/c1-3-20-14-8-13(10-17-11-14)15(18)9-12-6-4-5-7-16(12)19-2/h4-8,10-11H,3,9H2,1-2H3. The van der Waals surface area contributed by atoms with Gasteiger partial charge in [0.2, 0.25) is 0 Å². The highest BCUT2D eigenvalue weighted by Crippen LogP contribution is 2.20. The SMILES string of the molecule is CCOc1cncc(C(=O)Cc2ccccc2OC)c1. The lowest BCUT2D eigenvalue weighted by atomic mass is 10.0. The van der Waals surface area contributed by atoms with Crippen molar-refractivity contribution in [1.29, 1.82) is 0 Å². The predicted octanol–water partition coefficient (Wildman–Crippen LogP) is 2.91. The van der Waals surface area contributed by atoms with Crippen molar-refractivity contribution < 1.29 is 14.3 Å². The number of pyridine rings is 1. The molecular weight excluding hydrogens is 254 g/mol. The summed E-state index contributed by atoms with van der Waals surface area (Å²) in [5.74, 6) is 1.32. The lowest BCUT2D eigenvalue weighted by Gasteiger charge is -2.08. The van der Waals surface area contributed by atoms with Crippen molar-refractivity contribution in [2.24, 2.45) is 0 Å². The van der Waals surface area contributed by atoms with Crippen LogP contribution >= 0.6 is 0 Å². The number of Topliss-reactive ketones (excluding diaryl/α,β-unsaturated/α-hetero) is 1. The van der Waals surface area contributed by atoms with E-state index in [1.54, 1.807) is 25.6 Å². The Balaban J connectivity index is 2.17.